The van der Waals surface area contributed by atoms with Crippen molar-refractivity contribution in [2.45, 2.75) is 77.0 Å². The molecule has 4 aromatic rings. The number of rotatable bonds is 12. The van der Waals surface area contributed by atoms with Crippen molar-refractivity contribution in [2.75, 3.05) is 17.7 Å². The molecule has 2 radical (unpaired) electrons. The number of ether oxygens (including phenoxy) is 2. The van der Waals surface area contributed by atoms with E-state index in [9.17, 15) is 109 Å². The number of anilines is 2. The van der Waals surface area contributed by atoms with Crippen LogP contribution in [0, 0.1) is 60.1 Å². The Balaban J connectivity index is 0.00000132. The fraction of sp³-hybridized carbons (Fsp3) is 0.333. The van der Waals surface area contributed by atoms with Gasteiger partial charge in [-0.05, 0) is 51.2 Å². The number of aliphatic hydroxyl groups excluding tert-OH is 1. The van der Waals surface area contributed by atoms with E-state index in [1.54, 1.807) is 12.1 Å². The number of hydrogen-bond donors (Lipinski definition) is 3. The number of aryl methyl sites for hydroxylation is 2. The molecule has 33 heteroatoms. The predicted octanol–water partition coefficient (Wildman–Crippen LogP) is 11.9. The van der Waals surface area contributed by atoms with Gasteiger partial charge >= 0.3 is 37.9 Å². The first-order chi connectivity index (χ1) is 31.8. The first-order valence-electron chi connectivity index (χ1n) is 18.1. The summed E-state index contributed by atoms with van der Waals surface area (Å²) < 4.78 is 243. The van der Waals surface area contributed by atoms with Crippen LogP contribution in [0.4, 0.5) is 102 Å². The maximum atomic E-state index is 14.3. The average Bonchev–Trinajstić information content (AvgIpc) is 3.20. The Morgan fingerprint density at radius 1 is 0.556 bits per heavy atom. The number of amides is 2. The molecule has 72 heavy (non-hydrogen) atoms. The third kappa shape index (κ3) is 14.7. The molecule has 0 aliphatic heterocycles. The van der Waals surface area contributed by atoms with E-state index in [0.717, 1.165) is 19.2 Å². The summed E-state index contributed by atoms with van der Waals surface area (Å²) in [6, 6.07) is 7.01. The zero-order valence-electron chi connectivity index (χ0n) is 36.3. The number of nitrogens with one attached hydrogen (secondary N) is 2. The molecule has 0 spiro atoms. The summed E-state index contributed by atoms with van der Waals surface area (Å²) in [5.74, 6) is -5.37. The standard InChI is InChI=1S/2C19H12F9N2O4.CH4O.2Y/c2*1-8-3-5-11(9(2)14(8)30(32)33)15(31)29-12-6-4-10(7-13(12)34-16(20)21)17(22,18(23,24)25)19(26,27)28;1-2;;/h2*3-5,7,16H,1-2H3,(H,29,31);2H,1H3;;/q2*-1;;;. The number of nitro groups is 2. The van der Waals surface area contributed by atoms with Gasteiger partial charge in [0.15, 0.2) is 0 Å². The van der Waals surface area contributed by atoms with Gasteiger partial charge in [-0.2, -0.15) is 94.5 Å². The van der Waals surface area contributed by atoms with E-state index in [0.29, 0.717) is 0 Å². The van der Waals surface area contributed by atoms with Crippen molar-refractivity contribution in [3.8, 4) is 11.5 Å². The maximum absolute atomic E-state index is 14.3. The summed E-state index contributed by atoms with van der Waals surface area (Å²) in [7, 11) is 1.00. The van der Waals surface area contributed by atoms with Gasteiger partial charge in [-0.3, -0.25) is 29.8 Å². The molecule has 0 unspecified atom stereocenters. The van der Waals surface area contributed by atoms with Gasteiger partial charge in [-0.15, -0.1) is 12.1 Å². The summed E-state index contributed by atoms with van der Waals surface area (Å²) in [6.07, 6.45) is -26.2. The Hall–Kier alpha value is -4.87. The number of carbonyl (C=O) groups excluding carboxylic acids is 2. The van der Waals surface area contributed by atoms with E-state index in [4.69, 9.17) is 5.11 Å². The van der Waals surface area contributed by atoms with Crippen LogP contribution in [-0.2, 0) is 76.8 Å². The normalized spacial score (nSPS) is 12.0. The molecular weight excluding hydrogens is 1190 g/mol. The van der Waals surface area contributed by atoms with Crippen LogP contribution in [0.2, 0.25) is 0 Å². The van der Waals surface area contributed by atoms with E-state index in [-0.39, 0.29) is 123 Å². The Labute approximate surface area is 442 Å². The van der Waals surface area contributed by atoms with Crippen LogP contribution in [-0.4, -0.2) is 71.8 Å². The molecule has 0 aliphatic rings. The minimum Gasteiger partial charge on any atom is -0.497 e. The molecule has 0 saturated heterocycles. The fourth-order valence-corrected chi connectivity index (χ4v) is 5.99. The smallest absolute Gasteiger partial charge is 0.424 e. The van der Waals surface area contributed by atoms with Crippen molar-refractivity contribution in [1.29, 1.82) is 0 Å². The second-order valence-electron chi connectivity index (χ2n) is 13.5. The second kappa shape index (κ2) is 25.4. The molecule has 0 heterocycles. The van der Waals surface area contributed by atoms with Gasteiger partial charge in [0.25, 0.3) is 34.5 Å². The van der Waals surface area contributed by atoms with Crippen molar-refractivity contribution in [3.63, 3.8) is 0 Å². The fourth-order valence-electron chi connectivity index (χ4n) is 5.99. The van der Waals surface area contributed by atoms with Gasteiger partial charge in [0.1, 0.15) is 0 Å². The molecule has 13 nitrogen and oxygen atoms in total. The van der Waals surface area contributed by atoms with Crippen LogP contribution in [0.25, 0.3) is 0 Å². The number of aliphatic hydroxyl groups is 1. The molecule has 4 rings (SSSR count). The molecule has 0 atom stereocenters. The van der Waals surface area contributed by atoms with Crippen molar-refractivity contribution in [3.05, 3.63) is 125 Å². The number of alkyl halides is 18. The largest absolute Gasteiger partial charge is 0.497 e. The second-order valence-corrected chi connectivity index (χ2v) is 13.5. The van der Waals surface area contributed by atoms with Crippen LogP contribution in [0.3, 0.4) is 0 Å². The van der Waals surface area contributed by atoms with Gasteiger partial charge in [0.2, 0.25) is 0 Å². The van der Waals surface area contributed by atoms with Crippen molar-refractivity contribution >= 4 is 34.6 Å². The first-order valence-corrected chi connectivity index (χ1v) is 18.1. The maximum Gasteiger partial charge on any atom is 0.424 e. The van der Waals surface area contributed by atoms with Gasteiger partial charge in [-0.1, -0.05) is 23.3 Å². The van der Waals surface area contributed by atoms with Crippen LogP contribution in [0.15, 0.2) is 48.5 Å². The quantitative estimate of drug-likeness (QED) is 0.0538. The third-order valence-electron chi connectivity index (χ3n) is 9.20. The minimum atomic E-state index is -6.54. The number of benzene rings is 4. The van der Waals surface area contributed by atoms with Crippen molar-refractivity contribution in [1.82, 2.24) is 0 Å². The third-order valence-corrected chi connectivity index (χ3v) is 9.20. The molecule has 0 bridgehead atoms. The average molecular weight is 1220 g/mol. The first kappa shape index (κ1) is 67.1. The van der Waals surface area contributed by atoms with Gasteiger partial charge in [-0.25, -0.2) is 8.78 Å². The predicted molar refractivity (Wildman–Crippen MR) is 203 cm³/mol. The van der Waals surface area contributed by atoms with Crippen LogP contribution in [0.1, 0.15) is 54.1 Å². The van der Waals surface area contributed by atoms with Crippen LogP contribution in [0.5, 0.6) is 11.5 Å². The minimum absolute atomic E-state index is 0. The van der Waals surface area contributed by atoms with Gasteiger partial charge < -0.3 is 25.2 Å². The Morgan fingerprint density at radius 3 is 1.04 bits per heavy atom. The monoisotopic (exact) mass is 1220 g/mol. The molecule has 0 aliphatic carbocycles. The zero-order chi connectivity index (χ0) is 54.4. The van der Waals surface area contributed by atoms with Crippen molar-refractivity contribution in [2.24, 2.45) is 0 Å². The van der Waals surface area contributed by atoms with E-state index in [2.05, 4.69) is 9.47 Å². The number of carbonyl (C=O) groups is 2. The van der Waals surface area contributed by atoms with E-state index in [1.165, 1.54) is 39.8 Å². The number of nitro benzene ring substituents is 2. The summed E-state index contributed by atoms with van der Waals surface area (Å²) in [5.41, 5.74) is -19.9. The molecule has 0 saturated carbocycles. The SMILES string of the molecule is CO.Cc1ccc(C(=O)Nc2[c-]cc(C(F)(C(F)(F)F)C(F)(F)F)cc2OC(F)F)c(C)c1[N+](=O)[O-].Cc1ccc(C(=O)Nc2[c-]cc(C(F)(C(F)(F)F)C(F)(F)F)cc2OC(F)F)c(C)c1[N+](=O)[O-].[Y].[Y]. The van der Waals surface area contributed by atoms with Gasteiger partial charge in [0, 0.05) is 117 Å². The summed E-state index contributed by atoms with van der Waals surface area (Å²) in [6.45, 7) is -2.53. The van der Waals surface area contributed by atoms with Crippen LogP contribution >= 0.6 is 0 Å². The summed E-state index contributed by atoms with van der Waals surface area (Å²) in [5, 5.41) is 33.1. The Bertz CT molecular complexity index is 2390. The Morgan fingerprint density at radius 2 is 0.819 bits per heavy atom. The molecule has 2 amide bonds. The molecular formula is C39H28F18N4O9Y2-2. The van der Waals surface area contributed by atoms with E-state index in [1.807, 2.05) is 10.6 Å². The van der Waals surface area contributed by atoms with E-state index >= 15 is 0 Å². The van der Waals surface area contributed by atoms with Crippen molar-refractivity contribution < 1.29 is 178 Å². The van der Waals surface area contributed by atoms with Gasteiger partial charge in [0.05, 0.1) is 9.85 Å². The van der Waals surface area contributed by atoms with E-state index < -0.39 is 116 Å². The zero-order valence-corrected chi connectivity index (χ0v) is 42.0. The topological polar surface area (TPSA) is 183 Å². The molecule has 4 aromatic carbocycles. The summed E-state index contributed by atoms with van der Waals surface area (Å²) >= 11 is 0. The molecule has 3 N–H and O–H groups in total. The van der Waals surface area contributed by atoms with Crippen LogP contribution < -0.4 is 20.1 Å². The number of nitrogens with zero attached hydrogens (tertiary/aromatic N) is 2. The number of hydrogen-bond acceptors (Lipinski definition) is 9. The number of halogens is 18. The Kier molecular flexibility index (Phi) is 23.7. The molecule has 0 aromatic heterocycles. The summed E-state index contributed by atoms with van der Waals surface area (Å²) in [4.78, 5) is 45.8. The molecule has 392 valence electrons. The molecule has 0 fully saturated rings.